The number of anilines is 1. The van der Waals surface area contributed by atoms with Gasteiger partial charge in [0, 0.05) is 50.9 Å². The summed E-state index contributed by atoms with van der Waals surface area (Å²) in [4.78, 5) is 16.2. The first-order chi connectivity index (χ1) is 12.6. The second-order valence-electron chi connectivity index (χ2n) is 8.90. The Hall–Kier alpha value is -1.79. The summed E-state index contributed by atoms with van der Waals surface area (Å²) in [7, 11) is 0. The van der Waals surface area contributed by atoms with Gasteiger partial charge in [-0.05, 0) is 30.9 Å². The quantitative estimate of drug-likeness (QED) is 0.803. The lowest BCUT2D eigenvalue weighted by molar-refractivity contribution is -0.138. The van der Waals surface area contributed by atoms with E-state index >= 15 is 0 Å². The Kier molecular flexibility index (Phi) is 5.68. The number of aromatic nitrogens is 2. The number of carbonyl (C=O) groups is 1. The van der Waals surface area contributed by atoms with E-state index in [-0.39, 0.29) is 37.3 Å². The zero-order valence-electron chi connectivity index (χ0n) is 16.5. The number of alkyl halides is 2. The maximum absolute atomic E-state index is 13.2. The Morgan fingerprint density at radius 1 is 1.11 bits per heavy atom. The van der Waals surface area contributed by atoms with Gasteiger partial charge in [-0.15, -0.1) is 5.10 Å². The molecule has 1 aromatic heterocycles. The molecule has 27 heavy (non-hydrogen) atoms. The number of halogens is 2. The van der Waals surface area contributed by atoms with Crippen LogP contribution in [-0.4, -0.2) is 53.1 Å². The topological polar surface area (TPSA) is 49.3 Å². The van der Waals surface area contributed by atoms with Gasteiger partial charge in [0.15, 0.2) is 5.82 Å². The monoisotopic (exact) mass is 380 g/mol. The van der Waals surface area contributed by atoms with E-state index in [1.54, 1.807) is 4.90 Å². The van der Waals surface area contributed by atoms with E-state index in [0.29, 0.717) is 12.3 Å². The third-order valence-corrected chi connectivity index (χ3v) is 5.67. The summed E-state index contributed by atoms with van der Waals surface area (Å²) in [6.45, 7) is 8.40. The molecule has 0 N–H and O–H groups in total. The normalized spacial score (nSPS) is 21.4. The standard InChI is InChI=1S/C20H30F2N4O/c1-19(2,3)16-4-5-17(24-23-16)25-10-6-15(7-11-25)14-18(27)26-12-8-20(21,22)9-13-26/h4-5,15H,6-14H2,1-3H3. The number of amides is 1. The van der Waals surface area contributed by atoms with Crippen LogP contribution in [0.1, 0.15) is 58.6 Å². The Labute approximate surface area is 160 Å². The molecule has 0 aliphatic carbocycles. The summed E-state index contributed by atoms with van der Waals surface area (Å²) in [5.41, 5.74) is 0.955. The molecular weight excluding hydrogens is 350 g/mol. The molecular formula is C20H30F2N4O. The van der Waals surface area contributed by atoms with Gasteiger partial charge in [-0.3, -0.25) is 4.79 Å². The fraction of sp³-hybridized carbons (Fsp3) is 0.750. The molecule has 7 heteroatoms. The number of rotatable bonds is 3. The lowest BCUT2D eigenvalue weighted by Gasteiger charge is -2.35. The van der Waals surface area contributed by atoms with Gasteiger partial charge < -0.3 is 9.80 Å². The summed E-state index contributed by atoms with van der Waals surface area (Å²) in [6.07, 6.45) is 1.88. The van der Waals surface area contributed by atoms with Crippen molar-refractivity contribution >= 4 is 11.7 Å². The zero-order chi connectivity index (χ0) is 19.7. The van der Waals surface area contributed by atoms with Gasteiger partial charge in [0.25, 0.3) is 5.92 Å². The fourth-order valence-corrected chi connectivity index (χ4v) is 3.72. The van der Waals surface area contributed by atoms with E-state index in [2.05, 4.69) is 35.9 Å². The van der Waals surface area contributed by atoms with E-state index in [0.717, 1.165) is 37.4 Å². The van der Waals surface area contributed by atoms with Crippen LogP contribution in [0.15, 0.2) is 12.1 Å². The molecule has 3 rings (SSSR count). The molecule has 0 saturated carbocycles. The highest BCUT2D eigenvalue weighted by molar-refractivity contribution is 5.76. The maximum Gasteiger partial charge on any atom is 0.251 e. The predicted octanol–water partition coefficient (Wildman–Crippen LogP) is 3.64. The second kappa shape index (κ2) is 7.68. The molecule has 0 bridgehead atoms. The Morgan fingerprint density at radius 3 is 2.26 bits per heavy atom. The Bertz CT molecular complexity index is 639. The molecule has 0 spiro atoms. The molecule has 3 heterocycles. The Balaban J connectivity index is 1.47. The van der Waals surface area contributed by atoms with Crippen LogP contribution < -0.4 is 4.90 Å². The van der Waals surface area contributed by atoms with Gasteiger partial charge in [0.1, 0.15) is 0 Å². The lowest BCUT2D eigenvalue weighted by atomic mass is 9.91. The van der Waals surface area contributed by atoms with Crippen molar-refractivity contribution in [2.75, 3.05) is 31.1 Å². The molecule has 0 atom stereocenters. The average Bonchev–Trinajstić information content (AvgIpc) is 2.61. The van der Waals surface area contributed by atoms with Gasteiger partial charge >= 0.3 is 0 Å². The maximum atomic E-state index is 13.2. The first kappa shape index (κ1) is 20.0. The van der Waals surface area contributed by atoms with Crippen LogP contribution in [-0.2, 0) is 10.2 Å². The molecule has 2 aliphatic heterocycles. The first-order valence-corrected chi connectivity index (χ1v) is 9.89. The van der Waals surface area contributed by atoms with Crippen molar-refractivity contribution in [1.82, 2.24) is 15.1 Å². The van der Waals surface area contributed by atoms with Gasteiger partial charge in [0.2, 0.25) is 5.91 Å². The zero-order valence-corrected chi connectivity index (χ0v) is 16.5. The second-order valence-corrected chi connectivity index (χ2v) is 8.90. The van der Waals surface area contributed by atoms with E-state index in [4.69, 9.17) is 0 Å². The minimum atomic E-state index is -2.61. The molecule has 150 valence electrons. The van der Waals surface area contributed by atoms with Crippen molar-refractivity contribution in [3.05, 3.63) is 17.8 Å². The van der Waals surface area contributed by atoms with Crippen LogP contribution >= 0.6 is 0 Å². The molecule has 1 amide bonds. The number of hydrogen-bond donors (Lipinski definition) is 0. The number of hydrogen-bond acceptors (Lipinski definition) is 4. The van der Waals surface area contributed by atoms with Gasteiger partial charge in [-0.1, -0.05) is 20.8 Å². The van der Waals surface area contributed by atoms with Crippen LogP contribution in [0.3, 0.4) is 0 Å². The molecule has 2 saturated heterocycles. The number of piperidine rings is 2. The summed E-state index contributed by atoms with van der Waals surface area (Å²) in [5.74, 6) is -1.38. The highest BCUT2D eigenvalue weighted by Gasteiger charge is 2.36. The van der Waals surface area contributed by atoms with Crippen molar-refractivity contribution in [2.24, 2.45) is 5.92 Å². The third-order valence-electron chi connectivity index (χ3n) is 5.67. The summed E-state index contributed by atoms with van der Waals surface area (Å²) >= 11 is 0. The molecule has 2 aliphatic rings. The highest BCUT2D eigenvalue weighted by atomic mass is 19.3. The van der Waals surface area contributed by atoms with Crippen molar-refractivity contribution in [2.45, 2.75) is 64.2 Å². The molecule has 0 unspecified atom stereocenters. The van der Waals surface area contributed by atoms with Crippen LogP contribution in [0.5, 0.6) is 0 Å². The molecule has 2 fully saturated rings. The smallest absolute Gasteiger partial charge is 0.251 e. The van der Waals surface area contributed by atoms with Crippen molar-refractivity contribution in [3.63, 3.8) is 0 Å². The molecule has 0 radical (unpaired) electrons. The van der Waals surface area contributed by atoms with E-state index in [1.165, 1.54) is 0 Å². The molecule has 0 aromatic carbocycles. The van der Waals surface area contributed by atoms with Crippen molar-refractivity contribution in [3.8, 4) is 0 Å². The largest absolute Gasteiger partial charge is 0.355 e. The van der Waals surface area contributed by atoms with Crippen molar-refractivity contribution in [1.29, 1.82) is 0 Å². The van der Waals surface area contributed by atoms with E-state index in [1.807, 2.05) is 12.1 Å². The number of likely N-dealkylation sites (tertiary alicyclic amines) is 1. The molecule has 1 aromatic rings. The summed E-state index contributed by atoms with van der Waals surface area (Å²) < 4.78 is 26.5. The van der Waals surface area contributed by atoms with Crippen LogP contribution in [0, 0.1) is 5.92 Å². The highest BCUT2D eigenvalue weighted by Crippen LogP contribution is 2.30. The van der Waals surface area contributed by atoms with Gasteiger partial charge in [0.05, 0.1) is 5.69 Å². The first-order valence-electron chi connectivity index (χ1n) is 9.89. The van der Waals surface area contributed by atoms with Crippen LogP contribution in [0.2, 0.25) is 0 Å². The number of nitrogens with zero attached hydrogens (tertiary/aromatic N) is 4. The van der Waals surface area contributed by atoms with E-state index in [9.17, 15) is 13.6 Å². The summed E-state index contributed by atoms with van der Waals surface area (Å²) in [5, 5.41) is 8.72. The Morgan fingerprint density at radius 2 is 1.74 bits per heavy atom. The van der Waals surface area contributed by atoms with Crippen LogP contribution in [0.25, 0.3) is 0 Å². The van der Waals surface area contributed by atoms with Crippen LogP contribution in [0.4, 0.5) is 14.6 Å². The lowest BCUT2D eigenvalue weighted by Crippen LogP contribution is -2.44. The third kappa shape index (κ3) is 5.14. The molecule has 5 nitrogen and oxygen atoms in total. The minimum absolute atomic E-state index is 0.0166. The summed E-state index contributed by atoms with van der Waals surface area (Å²) in [6, 6.07) is 4.05. The predicted molar refractivity (Wildman–Crippen MR) is 101 cm³/mol. The van der Waals surface area contributed by atoms with Gasteiger partial charge in [-0.25, -0.2) is 8.78 Å². The van der Waals surface area contributed by atoms with Crippen molar-refractivity contribution < 1.29 is 13.6 Å². The minimum Gasteiger partial charge on any atom is -0.355 e. The average molecular weight is 380 g/mol. The van der Waals surface area contributed by atoms with E-state index < -0.39 is 5.92 Å². The van der Waals surface area contributed by atoms with Gasteiger partial charge in [-0.2, -0.15) is 5.10 Å². The fourth-order valence-electron chi connectivity index (χ4n) is 3.72. The number of carbonyl (C=O) groups excluding carboxylic acids is 1. The SMILES string of the molecule is CC(C)(C)c1ccc(N2CCC(CC(=O)N3CCC(F)(F)CC3)CC2)nn1.